The maximum Gasteiger partial charge on any atom is 0.203 e. The lowest BCUT2D eigenvalue weighted by Crippen LogP contribution is -2.60. The molecule has 0 aromatic heterocycles. The maximum absolute atomic E-state index is 12.8. The number of hydrogen-bond donors (Lipinski definition) is 0. The predicted octanol–water partition coefficient (Wildman–Crippen LogP) is 3.86. The lowest BCUT2D eigenvalue weighted by molar-refractivity contribution is -0.156. The van der Waals surface area contributed by atoms with E-state index in [1.54, 1.807) is 0 Å². The monoisotopic (exact) mass is 301 g/mol. The summed E-state index contributed by atoms with van der Waals surface area (Å²) in [6.07, 6.45) is 6.49. The van der Waals surface area contributed by atoms with Gasteiger partial charge in [0.25, 0.3) is 0 Å². The average Bonchev–Trinajstić information content (AvgIpc) is 2.45. The normalized spacial score (nSPS) is 40.5. The topological polar surface area (TPSA) is 35.4 Å². The molecule has 4 aliphatic rings. The first-order valence-corrected chi connectivity index (χ1v) is 9.46. The van der Waals surface area contributed by atoms with E-state index >= 15 is 0 Å². The minimum absolute atomic E-state index is 0.0367. The van der Waals surface area contributed by atoms with Gasteiger partial charge in [0, 0.05) is 0 Å². The average molecular weight is 301 g/mol. The summed E-state index contributed by atoms with van der Waals surface area (Å²) in [7, 11) is -1.62. The molecule has 0 saturated heterocycles. The zero-order valence-electron chi connectivity index (χ0n) is 13.0. The van der Waals surface area contributed by atoms with Gasteiger partial charge in [0.2, 0.25) is 7.94 Å². The van der Waals surface area contributed by atoms with Crippen LogP contribution in [0.15, 0.2) is 35.1 Å². The Bertz CT molecular complexity index is 566. The Labute approximate surface area is 128 Å². The molecule has 1 aromatic rings. The van der Waals surface area contributed by atoms with E-state index in [-0.39, 0.29) is 11.0 Å². The SMILES string of the molecule is CC1(C)C2CC3CC(C2)CC1(N=[P+]([O-])c1ccccc1)C3. The van der Waals surface area contributed by atoms with Crippen LogP contribution in [0.3, 0.4) is 0 Å². The summed E-state index contributed by atoms with van der Waals surface area (Å²) in [5, 5.41) is 0.888. The highest BCUT2D eigenvalue weighted by molar-refractivity contribution is 7.48. The van der Waals surface area contributed by atoms with Gasteiger partial charge in [0.05, 0.1) is 0 Å². The highest BCUT2D eigenvalue weighted by atomic mass is 31.1. The molecule has 4 saturated carbocycles. The van der Waals surface area contributed by atoms with E-state index in [1.165, 1.54) is 32.1 Å². The molecule has 4 aliphatic carbocycles. The third-order valence-electron chi connectivity index (χ3n) is 6.63. The summed E-state index contributed by atoms with van der Waals surface area (Å²) < 4.78 is 5.00. The molecule has 1 aromatic carbocycles. The fourth-order valence-electron chi connectivity index (χ4n) is 5.43. The van der Waals surface area contributed by atoms with Crippen molar-refractivity contribution in [3.05, 3.63) is 30.3 Å². The molecule has 3 unspecified atom stereocenters. The first-order chi connectivity index (χ1) is 10.0. The third kappa shape index (κ3) is 2.03. The van der Waals surface area contributed by atoms with Crippen LogP contribution in [0.25, 0.3) is 0 Å². The summed E-state index contributed by atoms with van der Waals surface area (Å²) in [5.74, 6) is 2.45. The molecular formula is C18H24NOP. The fourth-order valence-corrected chi connectivity index (χ4v) is 6.74. The molecule has 0 aliphatic heterocycles. The van der Waals surface area contributed by atoms with E-state index in [4.69, 9.17) is 4.74 Å². The molecule has 2 nitrogen and oxygen atoms in total. The number of nitrogens with zero attached hydrogens (tertiary/aromatic N) is 1. The molecule has 112 valence electrons. The fraction of sp³-hybridized carbons (Fsp3) is 0.667. The molecule has 0 spiro atoms. The Kier molecular flexibility index (Phi) is 3.07. The lowest BCUT2D eigenvalue weighted by atomic mass is 9.43. The van der Waals surface area contributed by atoms with Crippen LogP contribution in [0, 0.1) is 23.2 Å². The first-order valence-electron chi connectivity index (χ1n) is 8.25. The minimum atomic E-state index is -1.62. The third-order valence-corrected chi connectivity index (χ3v) is 7.94. The highest BCUT2D eigenvalue weighted by Gasteiger charge is 2.63. The Morgan fingerprint density at radius 2 is 1.67 bits per heavy atom. The van der Waals surface area contributed by atoms with Gasteiger partial charge in [-0.25, -0.2) is 0 Å². The van der Waals surface area contributed by atoms with Gasteiger partial charge < -0.3 is 4.89 Å². The Morgan fingerprint density at radius 1 is 1.05 bits per heavy atom. The van der Waals surface area contributed by atoms with E-state index in [9.17, 15) is 4.89 Å². The summed E-state index contributed by atoms with van der Waals surface area (Å²) in [5.41, 5.74) is 0.172. The Hall–Kier alpha value is -0.720. The van der Waals surface area contributed by atoms with Gasteiger partial charge in [-0.15, -0.1) is 4.74 Å². The molecule has 3 atom stereocenters. The van der Waals surface area contributed by atoms with Crippen molar-refractivity contribution in [2.75, 3.05) is 0 Å². The highest BCUT2D eigenvalue weighted by Crippen LogP contribution is 2.66. The van der Waals surface area contributed by atoms with Crippen molar-refractivity contribution in [3.63, 3.8) is 0 Å². The van der Waals surface area contributed by atoms with Crippen molar-refractivity contribution in [2.24, 2.45) is 27.9 Å². The summed E-state index contributed by atoms with van der Waals surface area (Å²) in [6.45, 7) is 4.76. The number of benzene rings is 1. The zero-order chi connectivity index (χ0) is 14.7. The molecule has 0 radical (unpaired) electrons. The largest absolute Gasteiger partial charge is 0.607 e. The molecule has 21 heavy (non-hydrogen) atoms. The standard InChI is InChI=1S/C18H24NOP/c1-17(2)15-9-13-8-14(10-15)12-18(17,11-13)19-21(20)16-6-4-3-5-7-16/h3-7,13-15H,8-12H2,1-2H3. The number of rotatable bonds is 2. The smallest absolute Gasteiger partial charge is 0.203 e. The molecule has 4 bridgehead atoms. The van der Waals surface area contributed by atoms with Gasteiger partial charge >= 0.3 is 0 Å². The van der Waals surface area contributed by atoms with Crippen molar-refractivity contribution < 1.29 is 4.89 Å². The second-order valence-corrected chi connectivity index (χ2v) is 9.27. The maximum atomic E-state index is 12.8. The van der Waals surface area contributed by atoms with E-state index in [1.807, 2.05) is 30.3 Å². The Balaban J connectivity index is 1.75. The molecule has 4 fully saturated rings. The van der Waals surface area contributed by atoms with Crippen LogP contribution in [0.4, 0.5) is 0 Å². The summed E-state index contributed by atoms with van der Waals surface area (Å²) in [4.78, 5) is 12.8. The molecule has 0 N–H and O–H groups in total. The van der Waals surface area contributed by atoms with Crippen molar-refractivity contribution in [3.8, 4) is 0 Å². The van der Waals surface area contributed by atoms with E-state index < -0.39 is 7.94 Å². The lowest BCUT2D eigenvalue weighted by Gasteiger charge is -2.62. The van der Waals surface area contributed by atoms with Crippen molar-refractivity contribution in [2.45, 2.75) is 51.5 Å². The predicted molar refractivity (Wildman–Crippen MR) is 85.5 cm³/mol. The molecule has 3 heteroatoms. The van der Waals surface area contributed by atoms with Crippen LogP contribution >= 0.6 is 7.94 Å². The van der Waals surface area contributed by atoms with E-state index in [0.29, 0.717) is 0 Å². The Morgan fingerprint density at radius 3 is 2.29 bits per heavy atom. The van der Waals surface area contributed by atoms with Crippen LogP contribution in [0.5, 0.6) is 0 Å². The van der Waals surface area contributed by atoms with Crippen LogP contribution in [0.1, 0.15) is 46.0 Å². The van der Waals surface area contributed by atoms with Gasteiger partial charge in [0.1, 0.15) is 5.54 Å². The molecule has 5 rings (SSSR count). The molecule has 0 amide bonds. The van der Waals surface area contributed by atoms with Crippen LogP contribution < -0.4 is 10.2 Å². The number of hydrogen-bond acceptors (Lipinski definition) is 2. The second-order valence-electron chi connectivity index (χ2n) is 8.01. The van der Waals surface area contributed by atoms with Crippen molar-refractivity contribution >= 4 is 13.2 Å². The minimum Gasteiger partial charge on any atom is -0.607 e. The quantitative estimate of drug-likeness (QED) is 0.764. The van der Waals surface area contributed by atoms with Gasteiger partial charge in [-0.05, 0) is 67.4 Å². The summed E-state index contributed by atoms with van der Waals surface area (Å²) >= 11 is 0. The first kappa shape index (κ1) is 13.9. The van der Waals surface area contributed by atoms with Crippen molar-refractivity contribution in [1.82, 2.24) is 0 Å². The second kappa shape index (κ2) is 4.64. The van der Waals surface area contributed by atoms with Gasteiger partial charge in [0.15, 0.2) is 5.30 Å². The zero-order valence-corrected chi connectivity index (χ0v) is 13.9. The van der Waals surface area contributed by atoms with Gasteiger partial charge in [-0.2, -0.15) is 0 Å². The molecule has 0 heterocycles. The summed E-state index contributed by atoms with van der Waals surface area (Å²) in [6, 6.07) is 9.80. The van der Waals surface area contributed by atoms with E-state index in [2.05, 4.69) is 13.8 Å². The van der Waals surface area contributed by atoms with Gasteiger partial charge in [-0.3, -0.25) is 0 Å². The van der Waals surface area contributed by atoms with Gasteiger partial charge in [-0.1, -0.05) is 32.0 Å². The molecular weight excluding hydrogens is 277 g/mol. The van der Waals surface area contributed by atoms with Crippen LogP contribution in [-0.2, 0) is 0 Å². The van der Waals surface area contributed by atoms with Crippen LogP contribution in [-0.4, -0.2) is 5.54 Å². The van der Waals surface area contributed by atoms with Crippen LogP contribution in [0.2, 0.25) is 0 Å². The van der Waals surface area contributed by atoms with E-state index in [0.717, 1.165) is 23.1 Å². The van der Waals surface area contributed by atoms with Crippen molar-refractivity contribution in [1.29, 1.82) is 0 Å².